The van der Waals surface area contributed by atoms with E-state index in [1.165, 1.54) is 6.20 Å². The first kappa shape index (κ1) is 12.8. The first-order valence-electron chi connectivity index (χ1n) is 5.28. The van der Waals surface area contributed by atoms with E-state index >= 15 is 0 Å². The molecule has 0 aliphatic carbocycles. The molecular weight excluding hydrogens is 307 g/mol. The summed E-state index contributed by atoms with van der Waals surface area (Å²) in [5, 5.41) is 1.23. The molecular formula is C11H12BrClN2O2. The van der Waals surface area contributed by atoms with Crippen LogP contribution in [0.2, 0.25) is 5.02 Å². The van der Waals surface area contributed by atoms with Crippen molar-refractivity contribution in [1.29, 1.82) is 0 Å². The molecule has 1 unspecified atom stereocenters. The molecule has 0 N–H and O–H groups in total. The van der Waals surface area contributed by atoms with Crippen molar-refractivity contribution in [1.82, 2.24) is 9.88 Å². The third-order valence-corrected chi connectivity index (χ3v) is 3.58. The Hall–Kier alpha value is -0.650. The molecule has 0 bridgehead atoms. The van der Waals surface area contributed by atoms with Gasteiger partial charge in [-0.25, -0.2) is 4.98 Å². The van der Waals surface area contributed by atoms with E-state index in [9.17, 15) is 4.79 Å². The van der Waals surface area contributed by atoms with Crippen LogP contribution in [-0.2, 0) is 4.74 Å². The second kappa shape index (κ2) is 5.80. The van der Waals surface area contributed by atoms with Crippen LogP contribution in [0.1, 0.15) is 10.5 Å². The van der Waals surface area contributed by atoms with Gasteiger partial charge in [-0.3, -0.25) is 4.79 Å². The van der Waals surface area contributed by atoms with Gasteiger partial charge >= 0.3 is 0 Å². The minimum atomic E-state index is -0.0746. The molecule has 92 valence electrons. The highest BCUT2D eigenvalue weighted by Gasteiger charge is 2.27. The van der Waals surface area contributed by atoms with Gasteiger partial charge in [0.05, 0.1) is 24.3 Å². The Morgan fingerprint density at radius 2 is 2.47 bits per heavy atom. The standard InChI is InChI=1S/C11H12BrClN2O2/c12-5-9-7-17-4-3-15(9)11(16)10-2-1-8(13)6-14-10/h1-2,6,9H,3-5,7H2. The van der Waals surface area contributed by atoms with Gasteiger partial charge < -0.3 is 9.64 Å². The molecule has 0 spiro atoms. The molecule has 17 heavy (non-hydrogen) atoms. The van der Waals surface area contributed by atoms with Crippen molar-refractivity contribution in [3.8, 4) is 0 Å². The highest BCUT2D eigenvalue weighted by atomic mass is 79.9. The molecule has 6 heteroatoms. The average Bonchev–Trinajstić information content (AvgIpc) is 2.39. The smallest absolute Gasteiger partial charge is 0.272 e. The summed E-state index contributed by atoms with van der Waals surface area (Å²) < 4.78 is 5.34. The molecule has 1 fully saturated rings. The van der Waals surface area contributed by atoms with Crippen molar-refractivity contribution >= 4 is 33.4 Å². The summed E-state index contributed by atoms with van der Waals surface area (Å²) in [5.74, 6) is -0.0746. The number of ether oxygens (including phenoxy) is 1. The molecule has 1 atom stereocenters. The fraction of sp³-hybridized carbons (Fsp3) is 0.455. The molecule has 1 aliphatic rings. The number of halogens is 2. The number of amides is 1. The van der Waals surface area contributed by atoms with Crippen molar-refractivity contribution in [2.24, 2.45) is 0 Å². The van der Waals surface area contributed by atoms with Crippen molar-refractivity contribution in [3.05, 3.63) is 29.0 Å². The lowest BCUT2D eigenvalue weighted by atomic mass is 10.2. The molecule has 1 saturated heterocycles. The van der Waals surface area contributed by atoms with Crippen LogP contribution < -0.4 is 0 Å². The number of pyridine rings is 1. The zero-order valence-corrected chi connectivity index (χ0v) is 11.4. The molecule has 1 amide bonds. The van der Waals surface area contributed by atoms with Crippen molar-refractivity contribution < 1.29 is 9.53 Å². The molecule has 1 aromatic heterocycles. The van der Waals surface area contributed by atoms with Gasteiger partial charge in [0.2, 0.25) is 0 Å². The number of carbonyl (C=O) groups is 1. The van der Waals surface area contributed by atoms with Crippen LogP contribution >= 0.6 is 27.5 Å². The van der Waals surface area contributed by atoms with Crippen LogP contribution in [-0.4, -0.2) is 46.9 Å². The lowest BCUT2D eigenvalue weighted by molar-refractivity contribution is 0.00492. The number of rotatable bonds is 2. The zero-order valence-electron chi connectivity index (χ0n) is 9.10. The van der Waals surface area contributed by atoms with E-state index in [0.717, 1.165) is 0 Å². The van der Waals surface area contributed by atoms with E-state index in [-0.39, 0.29) is 11.9 Å². The maximum atomic E-state index is 12.2. The summed E-state index contributed by atoms with van der Waals surface area (Å²) in [6.45, 7) is 1.73. The first-order chi connectivity index (χ1) is 8.22. The summed E-state index contributed by atoms with van der Waals surface area (Å²) in [7, 11) is 0. The number of hydrogen-bond acceptors (Lipinski definition) is 3. The molecule has 0 radical (unpaired) electrons. The molecule has 0 saturated carbocycles. The number of morpholine rings is 1. The lowest BCUT2D eigenvalue weighted by Gasteiger charge is -2.34. The summed E-state index contributed by atoms with van der Waals surface area (Å²) in [4.78, 5) is 18.1. The van der Waals surface area contributed by atoms with Gasteiger partial charge in [-0.05, 0) is 12.1 Å². The number of alkyl halides is 1. The van der Waals surface area contributed by atoms with Crippen LogP contribution in [0.5, 0.6) is 0 Å². The van der Waals surface area contributed by atoms with Crippen LogP contribution in [0.25, 0.3) is 0 Å². The van der Waals surface area contributed by atoms with Crippen LogP contribution in [0.3, 0.4) is 0 Å². The van der Waals surface area contributed by atoms with Crippen LogP contribution in [0.4, 0.5) is 0 Å². The van der Waals surface area contributed by atoms with Crippen molar-refractivity contribution in [2.45, 2.75) is 6.04 Å². The van der Waals surface area contributed by atoms with E-state index in [0.29, 0.717) is 35.8 Å². The van der Waals surface area contributed by atoms with Gasteiger partial charge in [-0.15, -0.1) is 0 Å². The molecule has 1 aromatic rings. The van der Waals surface area contributed by atoms with E-state index in [1.54, 1.807) is 17.0 Å². The zero-order chi connectivity index (χ0) is 12.3. The number of aromatic nitrogens is 1. The SMILES string of the molecule is O=C(c1ccc(Cl)cn1)N1CCOCC1CBr. The van der Waals surface area contributed by atoms with E-state index < -0.39 is 0 Å². The highest BCUT2D eigenvalue weighted by Crippen LogP contribution is 2.14. The molecule has 4 nitrogen and oxygen atoms in total. The normalized spacial score (nSPS) is 20.4. The maximum Gasteiger partial charge on any atom is 0.272 e. The lowest BCUT2D eigenvalue weighted by Crippen LogP contribution is -2.49. The highest BCUT2D eigenvalue weighted by molar-refractivity contribution is 9.09. The van der Waals surface area contributed by atoms with Crippen molar-refractivity contribution in [3.63, 3.8) is 0 Å². The van der Waals surface area contributed by atoms with Gasteiger partial charge in [0.15, 0.2) is 0 Å². The summed E-state index contributed by atoms with van der Waals surface area (Å²) >= 11 is 9.13. The van der Waals surface area contributed by atoms with E-state index in [2.05, 4.69) is 20.9 Å². The van der Waals surface area contributed by atoms with Crippen LogP contribution in [0, 0.1) is 0 Å². The molecule has 2 heterocycles. The predicted molar refractivity (Wildman–Crippen MR) is 68.7 cm³/mol. The monoisotopic (exact) mass is 318 g/mol. The van der Waals surface area contributed by atoms with Gasteiger partial charge in [0.25, 0.3) is 5.91 Å². The average molecular weight is 320 g/mol. The Balaban J connectivity index is 2.15. The Morgan fingerprint density at radius 1 is 1.65 bits per heavy atom. The van der Waals surface area contributed by atoms with E-state index in [1.807, 2.05) is 0 Å². The quantitative estimate of drug-likeness (QED) is 0.783. The molecule has 1 aliphatic heterocycles. The molecule has 0 aromatic carbocycles. The Morgan fingerprint density at radius 3 is 3.12 bits per heavy atom. The third-order valence-electron chi connectivity index (χ3n) is 2.61. The van der Waals surface area contributed by atoms with Crippen molar-refractivity contribution in [2.75, 3.05) is 25.1 Å². The first-order valence-corrected chi connectivity index (χ1v) is 6.78. The Kier molecular flexibility index (Phi) is 4.36. The van der Waals surface area contributed by atoms with Gasteiger partial charge in [-0.2, -0.15) is 0 Å². The Bertz CT molecular complexity index is 399. The van der Waals surface area contributed by atoms with Gasteiger partial charge in [-0.1, -0.05) is 27.5 Å². The summed E-state index contributed by atoms with van der Waals surface area (Å²) in [6, 6.07) is 3.38. The maximum absolute atomic E-state index is 12.2. The summed E-state index contributed by atoms with van der Waals surface area (Å²) in [6.07, 6.45) is 1.48. The van der Waals surface area contributed by atoms with E-state index in [4.69, 9.17) is 16.3 Å². The minimum Gasteiger partial charge on any atom is -0.377 e. The summed E-state index contributed by atoms with van der Waals surface area (Å²) in [5.41, 5.74) is 0.419. The number of carbonyl (C=O) groups excluding carboxylic acids is 1. The van der Waals surface area contributed by atoms with Crippen LogP contribution in [0.15, 0.2) is 18.3 Å². The second-order valence-electron chi connectivity index (χ2n) is 3.74. The topological polar surface area (TPSA) is 42.4 Å². The minimum absolute atomic E-state index is 0.0636. The molecule has 2 rings (SSSR count). The number of nitrogens with zero attached hydrogens (tertiary/aromatic N) is 2. The number of hydrogen-bond donors (Lipinski definition) is 0. The van der Waals surface area contributed by atoms with Gasteiger partial charge in [0, 0.05) is 18.1 Å². The van der Waals surface area contributed by atoms with Gasteiger partial charge in [0.1, 0.15) is 5.69 Å². The fourth-order valence-corrected chi connectivity index (χ4v) is 2.35. The largest absolute Gasteiger partial charge is 0.377 e. The Labute approximate surface area is 113 Å². The third kappa shape index (κ3) is 2.97. The predicted octanol–water partition coefficient (Wildman–Crippen LogP) is 1.97. The fourth-order valence-electron chi connectivity index (χ4n) is 1.70. The second-order valence-corrected chi connectivity index (χ2v) is 4.83.